The second-order valence-corrected chi connectivity index (χ2v) is 22.3. The van der Waals surface area contributed by atoms with Crippen molar-refractivity contribution in [1.29, 1.82) is 0 Å². The number of hydrogen-bond donors (Lipinski definition) is 0. The highest BCUT2D eigenvalue weighted by molar-refractivity contribution is 5.71. The highest BCUT2D eigenvalue weighted by Gasteiger charge is 2.19. The lowest BCUT2D eigenvalue weighted by Gasteiger charge is -2.18. The van der Waals surface area contributed by atoms with Crippen LogP contribution in [0.3, 0.4) is 0 Å². The van der Waals surface area contributed by atoms with Crippen LogP contribution in [0.15, 0.2) is 109 Å². The zero-order valence-electron chi connectivity index (χ0n) is 52.6. The zero-order valence-corrected chi connectivity index (χ0v) is 52.6. The highest BCUT2D eigenvalue weighted by Crippen LogP contribution is 2.16. The van der Waals surface area contributed by atoms with Crippen molar-refractivity contribution in [2.75, 3.05) is 13.2 Å². The van der Waals surface area contributed by atoms with Crippen LogP contribution in [0.2, 0.25) is 0 Å². The Labute approximate surface area is 495 Å². The van der Waals surface area contributed by atoms with Crippen molar-refractivity contribution in [3.63, 3.8) is 0 Å². The molecule has 0 rings (SSSR count). The SMILES string of the molecule is CC/C=C\C/C=C\C/C=C\C/C=C\C/C=C\C/C=C\CCCCC(=O)OC(COC(=O)CCCCCCC/C=C\CCCCC)COC(=O)CCCCCCCCCCCCCCCCCCC/C=C\C/C=C\CCCCCCC. The molecule has 0 aromatic rings. The molecular weight excluding hydrogens is 985 g/mol. The molecule has 6 heteroatoms. The Hall–Kier alpha value is -3.93. The molecule has 0 bridgehead atoms. The lowest BCUT2D eigenvalue weighted by atomic mass is 10.0. The van der Waals surface area contributed by atoms with E-state index in [1.807, 2.05) is 0 Å². The van der Waals surface area contributed by atoms with Crippen molar-refractivity contribution < 1.29 is 28.6 Å². The van der Waals surface area contributed by atoms with Gasteiger partial charge < -0.3 is 14.2 Å². The maximum atomic E-state index is 12.9. The average Bonchev–Trinajstić information content (AvgIpc) is 3.46. The largest absolute Gasteiger partial charge is 0.462 e. The molecule has 0 spiro atoms. The molecule has 0 aromatic carbocycles. The summed E-state index contributed by atoms with van der Waals surface area (Å²) in [5, 5.41) is 0. The van der Waals surface area contributed by atoms with Crippen LogP contribution < -0.4 is 0 Å². The topological polar surface area (TPSA) is 78.9 Å². The first kappa shape index (κ1) is 76.1. The third-order valence-corrected chi connectivity index (χ3v) is 14.5. The van der Waals surface area contributed by atoms with Crippen molar-refractivity contribution in [3.8, 4) is 0 Å². The summed E-state index contributed by atoms with van der Waals surface area (Å²) in [6, 6.07) is 0. The Morgan fingerprint density at radius 1 is 0.263 bits per heavy atom. The van der Waals surface area contributed by atoms with Crippen LogP contribution in [0.5, 0.6) is 0 Å². The third-order valence-electron chi connectivity index (χ3n) is 14.5. The number of ether oxygens (including phenoxy) is 3. The number of carbonyl (C=O) groups is 3. The first-order valence-electron chi connectivity index (χ1n) is 33.9. The second kappa shape index (κ2) is 67.6. The molecule has 0 aromatic heterocycles. The van der Waals surface area contributed by atoms with Gasteiger partial charge in [0.25, 0.3) is 0 Å². The summed E-state index contributed by atoms with van der Waals surface area (Å²) in [7, 11) is 0. The van der Waals surface area contributed by atoms with E-state index in [2.05, 4.69) is 130 Å². The van der Waals surface area contributed by atoms with E-state index >= 15 is 0 Å². The van der Waals surface area contributed by atoms with Gasteiger partial charge in [0.15, 0.2) is 6.10 Å². The molecule has 0 N–H and O–H groups in total. The van der Waals surface area contributed by atoms with E-state index < -0.39 is 6.10 Å². The maximum absolute atomic E-state index is 12.9. The summed E-state index contributed by atoms with van der Waals surface area (Å²) in [6.45, 7) is 6.47. The maximum Gasteiger partial charge on any atom is 0.306 e. The van der Waals surface area contributed by atoms with E-state index in [4.69, 9.17) is 14.2 Å². The number of rotatable bonds is 61. The number of hydrogen-bond acceptors (Lipinski definition) is 6. The third kappa shape index (κ3) is 64.9. The van der Waals surface area contributed by atoms with E-state index in [1.165, 1.54) is 167 Å². The molecule has 6 nitrogen and oxygen atoms in total. The molecule has 0 saturated heterocycles. The Balaban J connectivity index is 4.29. The molecular formula is C74H126O6. The van der Waals surface area contributed by atoms with Gasteiger partial charge in [-0.25, -0.2) is 0 Å². The molecule has 0 amide bonds. The van der Waals surface area contributed by atoms with Crippen LogP contribution >= 0.6 is 0 Å². The Bertz CT molecular complexity index is 1610. The molecule has 0 aliphatic carbocycles. The summed E-state index contributed by atoms with van der Waals surface area (Å²) in [4.78, 5) is 38.3. The molecule has 458 valence electrons. The summed E-state index contributed by atoms with van der Waals surface area (Å²) in [5.41, 5.74) is 0. The molecule has 0 fully saturated rings. The van der Waals surface area contributed by atoms with E-state index in [1.54, 1.807) is 0 Å². The predicted molar refractivity (Wildman–Crippen MR) is 348 cm³/mol. The Kier molecular flexibility index (Phi) is 64.3. The highest BCUT2D eigenvalue weighted by atomic mass is 16.6. The molecule has 80 heavy (non-hydrogen) atoms. The predicted octanol–water partition coefficient (Wildman–Crippen LogP) is 23.4. The van der Waals surface area contributed by atoms with Gasteiger partial charge >= 0.3 is 17.9 Å². The fraction of sp³-hybridized carbons (Fsp3) is 0.716. The smallest absolute Gasteiger partial charge is 0.306 e. The minimum Gasteiger partial charge on any atom is -0.462 e. The monoisotopic (exact) mass is 1110 g/mol. The van der Waals surface area contributed by atoms with E-state index in [9.17, 15) is 14.4 Å². The normalized spacial score (nSPS) is 12.8. The molecule has 0 radical (unpaired) electrons. The van der Waals surface area contributed by atoms with Crippen LogP contribution in [0, 0.1) is 0 Å². The van der Waals surface area contributed by atoms with Crippen LogP contribution in [0.1, 0.15) is 323 Å². The van der Waals surface area contributed by atoms with Gasteiger partial charge in [0.05, 0.1) is 0 Å². The number of carbonyl (C=O) groups excluding carboxylic acids is 3. The number of allylic oxidation sites excluding steroid dienone is 18. The molecule has 0 aliphatic heterocycles. The second-order valence-electron chi connectivity index (χ2n) is 22.3. The summed E-state index contributed by atoms with van der Waals surface area (Å²) >= 11 is 0. The quantitative estimate of drug-likeness (QED) is 0.0261. The number of unbranched alkanes of at least 4 members (excludes halogenated alkanes) is 32. The first-order valence-corrected chi connectivity index (χ1v) is 33.9. The number of esters is 3. The van der Waals surface area contributed by atoms with Crippen LogP contribution in [-0.2, 0) is 28.6 Å². The standard InChI is InChI=1S/C74H126O6/c1-4-7-10-13-16-19-22-25-27-29-31-33-34-35-36-37-38-39-40-42-43-45-47-49-52-55-58-61-64-67-73(76)79-70-71(69-78-72(75)66-63-60-57-54-51-24-21-18-15-12-9-6-3)80-74(77)68-65-62-59-56-53-50-48-46-44-41-32-30-28-26-23-20-17-14-11-8-5-2/h8,11,17-18,20-22,25-26,28-29,31-32,41,46,48,53,56,71H,4-7,9-10,12-16,19,23-24,27,30,33-40,42-45,47,49-52,54-55,57-70H2,1-3H3/b11-8-,20-17-,21-18-,25-22-,28-26-,31-29-,41-32-,48-46-,56-53-. The molecule has 1 unspecified atom stereocenters. The van der Waals surface area contributed by atoms with Crippen molar-refractivity contribution in [1.82, 2.24) is 0 Å². The summed E-state index contributed by atoms with van der Waals surface area (Å²) in [6.07, 6.45) is 92.6. The van der Waals surface area contributed by atoms with Crippen LogP contribution in [0.25, 0.3) is 0 Å². The lowest BCUT2D eigenvalue weighted by molar-refractivity contribution is -0.167. The van der Waals surface area contributed by atoms with Gasteiger partial charge in [0.2, 0.25) is 0 Å². The Morgan fingerprint density at radius 2 is 0.487 bits per heavy atom. The minimum atomic E-state index is -0.806. The van der Waals surface area contributed by atoms with Crippen molar-refractivity contribution in [2.24, 2.45) is 0 Å². The summed E-state index contributed by atoms with van der Waals surface area (Å²) < 4.78 is 16.9. The first-order chi connectivity index (χ1) is 39.5. The van der Waals surface area contributed by atoms with Crippen molar-refractivity contribution >= 4 is 17.9 Å². The molecule has 1 atom stereocenters. The molecule has 0 aliphatic rings. The van der Waals surface area contributed by atoms with E-state index in [-0.39, 0.29) is 37.5 Å². The van der Waals surface area contributed by atoms with Crippen LogP contribution in [-0.4, -0.2) is 37.2 Å². The fourth-order valence-electron chi connectivity index (χ4n) is 9.41. The van der Waals surface area contributed by atoms with E-state index in [0.717, 1.165) is 109 Å². The summed E-state index contributed by atoms with van der Waals surface area (Å²) in [5.74, 6) is -0.942. The fourth-order valence-corrected chi connectivity index (χ4v) is 9.41. The van der Waals surface area contributed by atoms with Gasteiger partial charge in [-0.2, -0.15) is 0 Å². The lowest BCUT2D eigenvalue weighted by Crippen LogP contribution is -2.30. The zero-order chi connectivity index (χ0) is 57.8. The Morgan fingerprint density at radius 3 is 0.825 bits per heavy atom. The van der Waals surface area contributed by atoms with Gasteiger partial charge in [0, 0.05) is 19.3 Å². The van der Waals surface area contributed by atoms with Gasteiger partial charge in [-0.15, -0.1) is 0 Å². The average molecular weight is 1110 g/mol. The molecule has 0 heterocycles. The minimum absolute atomic E-state index is 0.0975. The van der Waals surface area contributed by atoms with Crippen LogP contribution in [0.4, 0.5) is 0 Å². The van der Waals surface area contributed by atoms with Gasteiger partial charge in [-0.3, -0.25) is 14.4 Å². The van der Waals surface area contributed by atoms with Gasteiger partial charge in [0.1, 0.15) is 13.2 Å². The van der Waals surface area contributed by atoms with Gasteiger partial charge in [-0.05, 0) is 128 Å². The van der Waals surface area contributed by atoms with Crippen molar-refractivity contribution in [2.45, 2.75) is 329 Å². The molecule has 0 saturated carbocycles. The van der Waals surface area contributed by atoms with Gasteiger partial charge in [-0.1, -0.05) is 284 Å². The van der Waals surface area contributed by atoms with E-state index in [0.29, 0.717) is 19.3 Å². The van der Waals surface area contributed by atoms with Crippen molar-refractivity contribution in [3.05, 3.63) is 109 Å².